The van der Waals surface area contributed by atoms with Gasteiger partial charge in [0, 0.05) is 56.1 Å². The number of nitrogens with zero attached hydrogens (tertiary/aromatic N) is 4. The molecular weight excluding hydrogens is 759 g/mol. The number of hydrogen-bond donors (Lipinski definition) is 3. The van der Waals surface area contributed by atoms with Gasteiger partial charge in [0.1, 0.15) is 12.3 Å². The molecule has 0 spiro atoms. The van der Waals surface area contributed by atoms with E-state index in [9.17, 15) is 19.2 Å². The SMILES string of the molecule is COCCOCCOCCOCCC(=O)NCCC(=O)N1Cc2ccccc2-c2nnn(CCOC(=O)NCCCCC(NC(C)C)C(=O)C(C)C)c2-c2ccccc21. The molecule has 324 valence electrons. The molecule has 1 atom stereocenters. The van der Waals surface area contributed by atoms with Gasteiger partial charge in [-0.05, 0) is 30.9 Å². The van der Waals surface area contributed by atoms with Crippen LogP contribution in [0.15, 0.2) is 48.5 Å². The molecule has 2 aromatic carbocycles. The normalized spacial score (nSPS) is 12.6. The lowest BCUT2D eigenvalue weighted by Gasteiger charge is -2.29. The largest absolute Gasteiger partial charge is 0.448 e. The van der Waals surface area contributed by atoms with Crippen molar-refractivity contribution < 1.29 is 42.9 Å². The van der Waals surface area contributed by atoms with E-state index in [4.69, 9.17) is 23.7 Å². The quantitative estimate of drug-likeness (QED) is 0.0915. The molecule has 0 bridgehead atoms. The number of unbranched alkanes of at least 4 members (excludes halogenated alkanes) is 1. The summed E-state index contributed by atoms with van der Waals surface area (Å²) in [5.74, 6) is -0.209. The number of nitrogens with one attached hydrogen (secondary N) is 3. The lowest BCUT2D eigenvalue weighted by molar-refractivity contribution is -0.124. The van der Waals surface area contributed by atoms with Crippen LogP contribution in [0.3, 0.4) is 0 Å². The van der Waals surface area contributed by atoms with Gasteiger partial charge in [0.15, 0.2) is 5.78 Å². The van der Waals surface area contributed by atoms with Crippen LogP contribution in [0.4, 0.5) is 10.5 Å². The van der Waals surface area contributed by atoms with E-state index in [1.807, 2.05) is 76.2 Å². The molecule has 1 aliphatic rings. The molecular formula is C43H63N7O9. The molecule has 0 aliphatic carbocycles. The first kappa shape index (κ1) is 46.9. The van der Waals surface area contributed by atoms with Gasteiger partial charge in [-0.25, -0.2) is 9.48 Å². The number of amides is 3. The molecule has 3 N–H and O–H groups in total. The highest BCUT2D eigenvalue weighted by Crippen LogP contribution is 2.41. The van der Waals surface area contributed by atoms with Crippen LogP contribution in [0, 0.1) is 5.92 Å². The molecule has 1 unspecified atom stereocenters. The zero-order chi connectivity index (χ0) is 42.4. The Morgan fingerprint density at radius 1 is 0.763 bits per heavy atom. The number of ether oxygens (including phenoxy) is 5. The van der Waals surface area contributed by atoms with Crippen LogP contribution in [0.5, 0.6) is 0 Å². The van der Waals surface area contributed by atoms with E-state index in [0.717, 1.165) is 23.1 Å². The first-order valence-electron chi connectivity index (χ1n) is 20.7. The fraction of sp³-hybridized carbons (Fsp3) is 0.581. The minimum absolute atomic E-state index is 0.0427. The van der Waals surface area contributed by atoms with Gasteiger partial charge in [0.2, 0.25) is 11.8 Å². The molecule has 2 heterocycles. The second-order valence-electron chi connectivity index (χ2n) is 14.8. The topological polar surface area (TPSA) is 184 Å². The summed E-state index contributed by atoms with van der Waals surface area (Å²) in [5, 5.41) is 18.1. The third-order valence-electron chi connectivity index (χ3n) is 9.57. The number of rotatable bonds is 27. The van der Waals surface area contributed by atoms with Crippen molar-refractivity contribution in [3.05, 3.63) is 54.1 Å². The second kappa shape index (κ2) is 25.7. The summed E-state index contributed by atoms with van der Waals surface area (Å²) in [4.78, 5) is 53.4. The Balaban J connectivity index is 1.29. The van der Waals surface area contributed by atoms with Gasteiger partial charge in [-0.15, -0.1) is 5.10 Å². The number of carbonyl (C=O) groups is 4. The second-order valence-corrected chi connectivity index (χ2v) is 14.8. The number of carbonyl (C=O) groups excluding carboxylic acids is 4. The van der Waals surface area contributed by atoms with Crippen molar-refractivity contribution in [2.24, 2.45) is 5.92 Å². The van der Waals surface area contributed by atoms with Gasteiger partial charge in [-0.2, -0.15) is 0 Å². The van der Waals surface area contributed by atoms with E-state index in [1.165, 1.54) is 0 Å². The van der Waals surface area contributed by atoms with Crippen LogP contribution in [-0.2, 0) is 51.2 Å². The van der Waals surface area contributed by atoms with E-state index in [0.29, 0.717) is 82.6 Å². The Morgan fingerprint density at radius 3 is 2.15 bits per heavy atom. The lowest BCUT2D eigenvalue weighted by atomic mass is 9.95. The predicted octanol–water partition coefficient (Wildman–Crippen LogP) is 4.54. The highest BCUT2D eigenvalue weighted by molar-refractivity contribution is 6.00. The number of ketones is 1. The Bertz CT molecular complexity index is 1770. The molecule has 16 heteroatoms. The van der Waals surface area contributed by atoms with Crippen molar-refractivity contribution in [2.45, 2.75) is 85.0 Å². The fourth-order valence-electron chi connectivity index (χ4n) is 6.63. The predicted molar refractivity (Wildman–Crippen MR) is 224 cm³/mol. The molecule has 0 saturated heterocycles. The van der Waals surface area contributed by atoms with Crippen LogP contribution in [0.1, 0.15) is 65.4 Å². The van der Waals surface area contributed by atoms with Crippen LogP contribution in [0.25, 0.3) is 22.5 Å². The number of hydrogen-bond acceptors (Lipinski definition) is 12. The van der Waals surface area contributed by atoms with Gasteiger partial charge in [-0.3, -0.25) is 14.4 Å². The van der Waals surface area contributed by atoms with Crippen molar-refractivity contribution in [3.63, 3.8) is 0 Å². The molecule has 1 aliphatic heterocycles. The van der Waals surface area contributed by atoms with Crippen LogP contribution in [-0.4, -0.2) is 124 Å². The minimum atomic E-state index is -0.536. The average molecular weight is 822 g/mol. The summed E-state index contributed by atoms with van der Waals surface area (Å²) in [5.41, 5.74) is 4.53. The summed E-state index contributed by atoms with van der Waals surface area (Å²) >= 11 is 0. The number of para-hydroxylation sites is 1. The maximum atomic E-state index is 13.9. The minimum Gasteiger partial charge on any atom is -0.448 e. The summed E-state index contributed by atoms with van der Waals surface area (Å²) in [6.45, 7) is 12.0. The molecule has 0 fully saturated rings. The van der Waals surface area contributed by atoms with Crippen LogP contribution in [0.2, 0.25) is 0 Å². The van der Waals surface area contributed by atoms with Gasteiger partial charge in [-0.1, -0.05) is 75.4 Å². The van der Waals surface area contributed by atoms with Crippen LogP contribution < -0.4 is 20.9 Å². The Hall–Kier alpha value is -4.74. The molecule has 16 nitrogen and oxygen atoms in total. The van der Waals surface area contributed by atoms with E-state index in [-0.39, 0.29) is 74.7 Å². The summed E-state index contributed by atoms with van der Waals surface area (Å²) < 4.78 is 28.5. The van der Waals surface area contributed by atoms with Gasteiger partial charge in [0.25, 0.3) is 0 Å². The van der Waals surface area contributed by atoms with Gasteiger partial charge >= 0.3 is 6.09 Å². The third-order valence-corrected chi connectivity index (χ3v) is 9.57. The maximum Gasteiger partial charge on any atom is 0.407 e. The van der Waals surface area contributed by atoms with Gasteiger partial charge in [0.05, 0.1) is 76.8 Å². The zero-order valence-electron chi connectivity index (χ0n) is 35.3. The highest BCUT2D eigenvalue weighted by Gasteiger charge is 2.29. The van der Waals surface area contributed by atoms with E-state index < -0.39 is 6.09 Å². The molecule has 4 rings (SSSR count). The number of benzene rings is 2. The zero-order valence-corrected chi connectivity index (χ0v) is 35.3. The Kier molecular flexibility index (Phi) is 20.4. The molecule has 59 heavy (non-hydrogen) atoms. The third kappa shape index (κ3) is 15.4. The van der Waals surface area contributed by atoms with E-state index in [2.05, 4.69) is 26.3 Å². The molecule has 3 amide bonds. The molecule has 1 aromatic heterocycles. The van der Waals surface area contributed by atoms with Gasteiger partial charge < -0.3 is 44.5 Å². The van der Waals surface area contributed by atoms with Crippen LogP contribution >= 0.6 is 0 Å². The standard InChI is InChI=1S/C43H63N7O9/c1-31(2)42(53)36(46-32(3)4)15-10-11-19-45-43(54)59-23-21-50-41-35-14-8-9-16-37(35)49(30-33-12-6-7-13-34(33)40(41)47-48-50)39(52)17-20-44-38(51)18-22-56-26-27-58-29-28-57-25-24-55-5/h6-9,12-14,16,31-32,36,46H,10-11,15,17-30H2,1-5H3,(H,44,51)(H,45,54). The summed E-state index contributed by atoms with van der Waals surface area (Å²) in [7, 11) is 1.62. The Labute approximate surface area is 348 Å². The first-order valence-corrected chi connectivity index (χ1v) is 20.7. The van der Waals surface area contributed by atoms with Crippen molar-refractivity contribution in [3.8, 4) is 22.5 Å². The molecule has 3 aromatic rings. The van der Waals surface area contributed by atoms with Crippen molar-refractivity contribution in [1.82, 2.24) is 30.9 Å². The Morgan fingerprint density at radius 2 is 1.44 bits per heavy atom. The lowest BCUT2D eigenvalue weighted by Crippen LogP contribution is -2.42. The molecule has 0 saturated carbocycles. The van der Waals surface area contributed by atoms with Crippen molar-refractivity contribution in [2.75, 3.05) is 78.0 Å². The fourth-order valence-corrected chi connectivity index (χ4v) is 6.63. The maximum absolute atomic E-state index is 13.9. The number of methoxy groups -OCH3 is 1. The highest BCUT2D eigenvalue weighted by atomic mass is 16.6. The first-order chi connectivity index (χ1) is 28.6. The number of Topliss-reactive ketones (excluding diaryl/α,β-unsaturated/α-hetero) is 1. The summed E-state index contributed by atoms with van der Waals surface area (Å²) in [6, 6.07) is 15.4. The summed E-state index contributed by atoms with van der Waals surface area (Å²) in [6.07, 6.45) is 1.91. The smallest absolute Gasteiger partial charge is 0.407 e. The number of alkyl carbamates (subject to hydrolysis) is 1. The molecule has 0 radical (unpaired) electrons. The number of anilines is 1. The average Bonchev–Trinajstić information content (AvgIpc) is 3.63. The van der Waals surface area contributed by atoms with Crippen molar-refractivity contribution >= 4 is 29.4 Å². The van der Waals surface area contributed by atoms with E-state index >= 15 is 0 Å². The van der Waals surface area contributed by atoms with E-state index in [1.54, 1.807) is 16.7 Å². The number of fused-ring (bicyclic) bond motifs is 5. The monoisotopic (exact) mass is 821 g/mol. The van der Waals surface area contributed by atoms with Crippen molar-refractivity contribution in [1.29, 1.82) is 0 Å². The number of aromatic nitrogens is 3.